The molecule has 6 nitrogen and oxygen atoms in total. The molecule has 1 saturated heterocycles. The Balaban J connectivity index is 1.53. The third-order valence-corrected chi connectivity index (χ3v) is 5.44. The van der Waals surface area contributed by atoms with E-state index in [2.05, 4.69) is 10.2 Å². The summed E-state index contributed by atoms with van der Waals surface area (Å²) in [6, 6.07) is 5.85. The second-order valence-corrected chi connectivity index (χ2v) is 7.05. The number of methoxy groups -OCH3 is 1. The van der Waals surface area contributed by atoms with Crippen molar-refractivity contribution < 1.29 is 14.6 Å². The summed E-state index contributed by atoms with van der Waals surface area (Å²) in [6.45, 7) is 5.02. The summed E-state index contributed by atoms with van der Waals surface area (Å²) in [5.74, 6) is 0.787. The van der Waals surface area contributed by atoms with Crippen molar-refractivity contribution in [2.75, 3.05) is 38.6 Å². The predicted octanol–water partition coefficient (Wildman–Crippen LogP) is 2.46. The molecule has 2 amide bonds. The van der Waals surface area contributed by atoms with Crippen LogP contribution in [0.2, 0.25) is 0 Å². The van der Waals surface area contributed by atoms with Gasteiger partial charge in [0.1, 0.15) is 5.75 Å². The fourth-order valence-corrected chi connectivity index (χ4v) is 3.87. The van der Waals surface area contributed by atoms with Gasteiger partial charge in [0.15, 0.2) is 0 Å². The van der Waals surface area contributed by atoms with Gasteiger partial charge in [-0.2, -0.15) is 0 Å². The molecule has 25 heavy (non-hydrogen) atoms. The Labute approximate surface area is 149 Å². The molecule has 2 atom stereocenters. The highest BCUT2D eigenvalue weighted by Crippen LogP contribution is 2.25. The molecule has 138 valence electrons. The zero-order valence-electron chi connectivity index (χ0n) is 15.2. The average molecular weight is 347 g/mol. The maximum atomic E-state index is 12.5. The summed E-state index contributed by atoms with van der Waals surface area (Å²) in [7, 11) is 1.63. The van der Waals surface area contributed by atoms with Crippen molar-refractivity contribution in [1.82, 2.24) is 9.80 Å². The smallest absolute Gasteiger partial charge is 0.321 e. The number of benzene rings is 1. The number of carbonyl (C=O) groups excluding carboxylic acids is 1. The largest absolute Gasteiger partial charge is 0.497 e. The summed E-state index contributed by atoms with van der Waals surface area (Å²) in [6.07, 6.45) is 4.08. The Kier molecular flexibility index (Phi) is 5.81. The first-order valence-corrected chi connectivity index (χ1v) is 9.21. The summed E-state index contributed by atoms with van der Waals surface area (Å²) >= 11 is 0. The van der Waals surface area contributed by atoms with Crippen molar-refractivity contribution in [2.45, 2.75) is 44.8 Å². The average Bonchev–Trinajstić information content (AvgIpc) is 2.64. The molecule has 1 aliphatic heterocycles. The molecular formula is C19H29N3O3. The first kappa shape index (κ1) is 18.0. The number of anilines is 1. The van der Waals surface area contributed by atoms with Gasteiger partial charge in [0.25, 0.3) is 0 Å². The summed E-state index contributed by atoms with van der Waals surface area (Å²) in [5, 5.41) is 13.2. The van der Waals surface area contributed by atoms with Gasteiger partial charge in [-0.1, -0.05) is 12.8 Å². The molecule has 1 aromatic carbocycles. The van der Waals surface area contributed by atoms with E-state index in [4.69, 9.17) is 4.74 Å². The Morgan fingerprint density at radius 3 is 2.56 bits per heavy atom. The van der Waals surface area contributed by atoms with Crippen LogP contribution in [0.5, 0.6) is 5.75 Å². The molecule has 0 spiro atoms. The number of amides is 2. The number of rotatable bonds is 3. The first-order valence-electron chi connectivity index (χ1n) is 9.21. The van der Waals surface area contributed by atoms with Gasteiger partial charge in [-0.05, 0) is 43.5 Å². The zero-order chi connectivity index (χ0) is 17.8. The first-order chi connectivity index (χ1) is 12.1. The van der Waals surface area contributed by atoms with Crippen molar-refractivity contribution >= 4 is 11.7 Å². The monoisotopic (exact) mass is 347 g/mol. The van der Waals surface area contributed by atoms with Gasteiger partial charge in [-0.25, -0.2) is 4.79 Å². The van der Waals surface area contributed by atoms with E-state index in [9.17, 15) is 9.90 Å². The minimum Gasteiger partial charge on any atom is -0.497 e. The molecule has 1 saturated carbocycles. The number of urea groups is 1. The molecule has 1 aliphatic carbocycles. The van der Waals surface area contributed by atoms with E-state index < -0.39 is 0 Å². The van der Waals surface area contributed by atoms with E-state index in [0.29, 0.717) is 13.1 Å². The molecule has 6 heteroatoms. The number of nitrogens with one attached hydrogen (secondary N) is 1. The number of hydrogen-bond acceptors (Lipinski definition) is 4. The lowest BCUT2D eigenvalue weighted by molar-refractivity contribution is 0.00275. The molecule has 3 rings (SSSR count). The molecule has 0 bridgehead atoms. The van der Waals surface area contributed by atoms with Gasteiger partial charge in [-0.3, -0.25) is 4.90 Å². The highest BCUT2D eigenvalue weighted by molar-refractivity contribution is 5.90. The number of ether oxygens (including phenoxy) is 1. The number of aliphatic hydroxyl groups excluding tert-OH is 1. The molecule has 1 aromatic rings. The number of aliphatic hydroxyl groups is 1. The van der Waals surface area contributed by atoms with Crippen molar-refractivity contribution in [2.24, 2.45) is 0 Å². The van der Waals surface area contributed by atoms with Crippen LogP contribution in [-0.4, -0.2) is 66.4 Å². The molecule has 2 aliphatic rings. The highest BCUT2D eigenvalue weighted by Gasteiger charge is 2.31. The van der Waals surface area contributed by atoms with E-state index in [1.165, 1.54) is 6.42 Å². The van der Waals surface area contributed by atoms with Gasteiger partial charge in [0, 0.05) is 37.9 Å². The molecule has 0 unspecified atom stereocenters. The summed E-state index contributed by atoms with van der Waals surface area (Å²) < 4.78 is 5.20. The van der Waals surface area contributed by atoms with Crippen LogP contribution in [0.4, 0.5) is 10.5 Å². The number of piperazine rings is 1. The van der Waals surface area contributed by atoms with Crippen LogP contribution >= 0.6 is 0 Å². The Hall–Kier alpha value is -1.79. The number of nitrogens with zero attached hydrogens (tertiary/aromatic N) is 2. The van der Waals surface area contributed by atoms with Crippen LogP contribution in [0.15, 0.2) is 18.2 Å². The lowest BCUT2D eigenvalue weighted by Crippen LogP contribution is -2.56. The maximum Gasteiger partial charge on any atom is 0.321 e. The summed E-state index contributed by atoms with van der Waals surface area (Å²) in [5.41, 5.74) is 1.80. The van der Waals surface area contributed by atoms with E-state index in [1.807, 2.05) is 30.0 Å². The standard InChI is InChI=1S/C19H29N3O3/c1-14-13-15(25-2)7-8-16(14)20-19(24)22-11-9-21(10-12-22)17-5-3-4-6-18(17)23/h7-8,13,17-18,23H,3-6,9-12H2,1-2H3,(H,20,24)/t17-,18-/m0/s1. The van der Waals surface area contributed by atoms with Gasteiger partial charge in [-0.15, -0.1) is 0 Å². The van der Waals surface area contributed by atoms with Crippen LogP contribution in [0.3, 0.4) is 0 Å². The van der Waals surface area contributed by atoms with Crippen LogP contribution in [0, 0.1) is 6.92 Å². The van der Waals surface area contributed by atoms with E-state index in [1.54, 1.807) is 7.11 Å². The third-order valence-electron chi connectivity index (χ3n) is 5.44. The zero-order valence-corrected chi connectivity index (χ0v) is 15.2. The maximum absolute atomic E-state index is 12.5. The number of aryl methyl sites for hydroxylation is 1. The molecule has 1 heterocycles. The second-order valence-electron chi connectivity index (χ2n) is 7.05. The molecule has 0 aromatic heterocycles. The minimum absolute atomic E-state index is 0.0582. The molecule has 2 fully saturated rings. The minimum atomic E-state index is -0.212. The van der Waals surface area contributed by atoms with Gasteiger partial charge >= 0.3 is 6.03 Å². The molecule has 0 radical (unpaired) electrons. The normalized spacial score (nSPS) is 24.8. The number of hydrogen-bond donors (Lipinski definition) is 2. The highest BCUT2D eigenvalue weighted by atomic mass is 16.5. The summed E-state index contributed by atoms with van der Waals surface area (Å²) in [4.78, 5) is 16.7. The van der Waals surface area contributed by atoms with E-state index in [-0.39, 0.29) is 18.2 Å². The molecular weight excluding hydrogens is 318 g/mol. The quantitative estimate of drug-likeness (QED) is 0.882. The second kappa shape index (κ2) is 8.06. The van der Waals surface area contributed by atoms with Crippen LogP contribution < -0.4 is 10.1 Å². The fourth-order valence-electron chi connectivity index (χ4n) is 3.87. The predicted molar refractivity (Wildman–Crippen MR) is 98.2 cm³/mol. The lowest BCUT2D eigenvalue weighted by atomic mass is 9.91. The van der Waals surface area contributed by atoms with Gasteiger partial charge < -0.3 is 20.1 Å². The van der Waals surface area contributed by atoms with E-state index >= 15 is 0 Å². The number of carbonyl (C=O) groups is 1. The van der Waals surface area contributed by atoms with Crippen LogP contribution in [0.25, 0.3) is 0 Å². The Morgan fingerprint density at radius 1 is 1.20 bits per heavy atom. The lowest BCUT2D eigenvalue weighted by Gasteiger charge is -2.42. The van der Waals surface area contributed by atoms with Crippen molar-refractivity contribution in [3.05, 3.63) is 23.8 Å². The third kappa shape index (κ3) is 4.25. The Bertz CT molecular complexity index is 600. The molecule has 2 N–H and O–H groups in total. The van der Waals surface area contributed by atoms with Gasteiger partial charge in [0.2, 0.25) is 0 Å². The topological polar surface area (TPSA) is 65.0 Å². The SMILES string of the molecule is COc1ccc(NC(=O)N2CCN([C@H]3CCCC[C@@H]3O)CC2)c(C)c1. The van der Waals surface area contributed by atoms with Crippen molar-refractivity contribution in [1.29, 1.82) is 0 Å². The Morgan fingerprint density at radius 2 is 1.92 bits per heavy atom. The van der Waals surface area contributed by atoms with Crippen LogP contribution in [0.1, 0.15) is 31.2 Å². The van der Waals surface area contributed by atoms with Gasteiger partial charge in [0.05, 0.1) is 13.2 Å². The van der Waals surface area contributed by atoms with Crippen molar-refractivity contribution in [3.63, 3.8) is 0 Å². The fraction of sp³-hybridized carbons (Fsp3) is 0.632. The van der Waals surface area contributed by atoms with E-state index in [0.717, 1.165) is 49.4 Å². The van der Waals surface area contributed by atoms with Crippen molar-refractivity contribution in [3.8, 4) is 5.75 Å². The van der Waals surface area contributed by atoms with Crippen LogP contribution in [-0.2, 0) is 0 Å².